The summed E-state index contributed by atoms with van der Waals surface area (Å²) in [5.74, 6) is -0.150. The van der Waals surface area contributed by atoms with Crippen LogP contribution in [0.1, 0.15) is 46.5 Å². The van der Waals surface area contributed by atoms with Gasteiger partial charge in [-0.3, -0.25) is 14.5 Å². The molecule has 0 bridgehead atoms. The van der Waals surface area contributed by atoms with Crippen LogP contribution in [0.5, 0.6) is 0 Å². The van der Waals surface area contributed by atoms with E-state index in [0.29, 0.717) is 26.2 Å². The number of nitrogens with zero attached hydrogens (tertiary/aromatic N) is 3. The van der Waals surface area contributed by atoms with Crippen LogP contribution in [-0.2, 0) is 22.4 Å². The molecule has 3 aromatic rings. The lowest BCUT2D eigenvalue weighted by Gasteiger charge is -2.41. The Labute approximate surface area is 222 Å². The van der Waals surface area contributed by atoms with Crippen LogP contribution < -0.4 is 0 Å². The summed E-state index contributed by atoms with van der Waals surface area (Å²) in [7, 11) is 0. The zero-order valence-corrected chi connectivity index (χ0v) is 22.3. The van der Waals surface area contributed by atoms with Gasteiger partial charge in [-0.15, -0.1) is 11.3 Å². The molecule has 3 heterocycles. The van der Waals surface area contributed by atoms with Crippen LogP contribution in [0.2, 0.25) is 0 Å². The predicted molar refractivity (Wildman–Crippen MR) is 145 cm³/mol. The summed E-state index contributed by atoms with van der Waals surface area (Å²) in [6.45, 7) is 7.36. The maximum absolute atomic E-state index is 13.8. The largest absolute Gasteiger partial charge is 0.341 e. The maximum Gasteiger partial charge on any atom is 0.239 e. The standard InChI is InChI=1S/C30H34FN3O2S/c1-21-6-3-4-7-25(21)29-26-13-19-37-27(26)12-16-34(29)22(2)30(36)33-15-5-14-32(17-18-33)28(35)20-23-8-10-24(31)11-9-23/h3-4,6-11,13,19,22,29H,5,12,14-18,20H2,1-2H3/t22-,29+/m1/s1. The molecule has 0 spiro atoms. The molecule has 37 heavy (non-hydrogen) atoms. The van der Waals surface area contributed by atoms with E-state index in [-0.39, 0.29) is 36.1 Å². The average Bonchev–Trinajstić information content (AvgIpc) is 3.25. The summed E-state index contributed by atoms with van der Waals surface area (Å²) in [4.78, 5) is 34.3. The highest BCUT2D eigenvalue weighted by atomic mass is 32.1. The van der Waals surface area contributed by atoms with Gasteiger partial charge in [0.05, 0.1) is 18.5 Å². The fourth-order valence-corrected chi connectivity index (χ4v) is 6.58. The lowest BCUT2D eigenvalue weighted by molar-refractivity contribution is -0.138. The van der Waals surface area contributed by atoms with Gasteiger partial charge in [0, 0.05) is 37.6 Å². The van der Waals surface area contributed by atoms with Crippen molar-refractivity contribution in [3.63, 3.8) is 0 Å². The maximum atomic E-state index is 13.8. The number of carbonyl (C=O) groups is 2. The molecule has 5 rings (SSSR count). The second-order valence-corrected chi connectivity index (χ2v) is 11.1. The molecule has 2 aromatic carbocycles. The van der Waals surface area contributed by atoms with Gasteiger partial charge in [-0.05, 0) is 72.5 Å². The molecule has 0 aliphatic carbocycles. The first-order valence-electron chi connectivity index (χ1n) is 13.1. The van der Waals surface area contributed by atoms with Crippen LogP contribution >= 0.6 is 11.3 Å². The topological polar surface area (TPSA) is 43.9 Å². The second-order valence-electron chi connectivity index (χ2n) is 10.1. The van der Waals surface area contributed by atoms with Crippen molar-refractivity contribution >= 4 is 23.2 Å². The van der Waals surface area contributed by atoms with E-state index in [1.165, 1.54) is 33.7 Å². The van der Waals surface area contributed by atoms with E-state index in [4.69, 9.17) is 0 Å². The summed E-state index contributed by atoms with van der Waals surface area (Å²) >= 11 is 1.81. The third-order valence-corrected chi connectivity index (χ3v) is 8.77. The van der Waals surface area contributed by atoms with Crippen LogP contribution in [0.4, 0.5) is 4.39 Å². The van der Waals surface area contributed by atoms with Gasteiger partial charge in [0.15, 0.2) is 0 Å². The number of halogens is 1. The minimum Gasteiger partial charge on any atom is -0.341 e. The van der Waals surface area contributed by atoms with E-state index in [1.54, 1.807) is 12.1 Å². The number of benzene rings is 2. The number of thiophene rings is 1. The Kier molecular flexibility index (Phi) is 7.72. The number of rotatable bonds is 5. The fraction of sp³-hybridized carbons (Fsp3) is 0.400. The third kappa shape index (κ3) is 5.48. The Bertz CT molecular complexity index is 1260. The molecule has 0 saturated carbocycles. The highest BCUT2D eigenvalue weighted by Gasteiger charge is 2.37. The van der Waals surface area contributed by atoms with Crippen LogP contribution in [0.3, 0.4) is 0 Å². The van der Waals surface area contributed by atoms with E-state index in [1.807, 2.05) is 28.1 Å². The van der Waals surface area contributed by atoms with Gasteiger partial charge in [-0.25, -0.2) is 4.39 Å². The Morgan fingerprint density at radius 2 is 1.68 bits per heavy atom. The number of amides is 2. The van der Waals surface area contributed by atoms with Crippen molar-refractivity contribution in [2.75, 3.05) is 32.7 Å². The van der Waals surface area contributed by atoms with Gasteiger partial charge in [0.1, 0.15) is 5.82 Å². The van der Waals surface area contributed by atoms with Crippen LogP contribution in [0.15, 0.2) is 60.0 Å². The Morgan fingerprint density at radius 1 is 0.946 bits per heavy atom. The van der Waals surface area contributed by atoms with Crippen molar-refractivity contribution in [3.05, 3.63) is 92.9 Å². The van der Waals surface area contributed by atoms with Gasteiger partial charge in [-0.2, -0.15) is 0 Å². The second kappa shape index (κ2) is 11.2. The summed E-state index contributed by atoms with van der Waals surface area (Å²) in [6.07, 6.45) is 1.96. The molecule has 0 unspecified atom stereocenters. The molecule has 2 aliphatic heterocycles. The molecular weight excluding hydrogens is 485 g/mol. The number of hydrogen-bond acceptors (Lipinski definition) is 4. The molecule has 1 aromatic heterocycles. The number of hydrogen-bond donors (Lipinski definition) is 0. The van der Waals surface area contributed by atoms with Crippen LogP contribution in [-0.4, -0.2) is 65.3 Å². The molecule has 1 saturated heterocycles. The molecule has 194 valence electrons. The van der Waals surface area contributed by atoms with Crippen LogP contribution in [0, 0.1) is 12.7 Å². The van der Waals surface area contributed by atoms with Crippen molar-refractivity contribution in [3.8, 4) is 0 Å². The first-order valence-corrected chi connectivity index (χ1v) is 14.0. The average molecular weight is 520 g/mol. The van der Waals surface area contributed by atoms with E-state index >= 15 is 0 Å². The molecular formula is C30H34FN3O2S. The quantitative estimate of drug-likeness (QED) is 0.485. The summed E-state index contributed by atoms with van der Waals surface area (Å²) in [5.41, 5.74) is 4.62. The normalized spacial score (nSPS) is 19.3. The van der Waals surface area contributed by atoms with Crippen molar-refractivity contribution in [2.24, 2.45) is 0 Å². The molecule has 7 heteroatoms. The van der Waals surface area contributed by atoms with Gasteiger partial charge in [0.2, 0.25) is 11.8 Å². The van der Waals surface area contributed by atoms with Crippen molar-refractivity contribution in [2.45, 2.75) is 45.2 Å². The minimum absolute atomic E-state index is 0.0228. The Hall–Kier alpha value is -3.03. The van der Waals surface area contributed by atoms with Crippen molar-refractivity contribution in [1.29, 1.82) is 0 Å². The molecule has 1 fully saturated rings. The Balaban J connectivity index is 1.28. The molecule has 2 aliphatic rings. The predicted octanol–water partition coefficient (Wildman–Crippen LogP) is 4.84. The molecule has 0 radical (unpaired) electrons. The lowest BCUT2D eigenvalue weighted by atomic mass is 9.89. The molecule has 2 atom stereocenters. The number of fused-ring (bicyclic) bond motifs is 1. The zero-order chi connectivity index (χ0) is 25.9. The molecule has 0 N–H and O–H groups in total. The number of aryl methyl sites for hydroxylation is 1. The summed E-state index contributed by atoms with van der Waals surface area (Å²) < 4.78 is 13.2. The third-order valence-electron chi connectivity index (χ3n) is 7.77. The van der Waals surface area contributed by atoms with Gasteiger partial charge < -0.3 is 9.80 Å². The highest BCUT2D eigenvalue weighted by molar-refractivity contribution is 7.10. The first kappa shape index (κ1) is 25.6. The summed E-state index contributed by atoms with van der Waals surface area (Å²) in [5, 5.41) is 2.16. The van der Waals surface area contributed by atoms with Gasteiger partial charge in [-0.1, -0.05) is 36.4 Å². The van der Waals surface area contributed by atoms with E-state index in [2.05, 4.69) is 47.5 Å². The monoisotopic (exact) mass is 519 g/mol. The van der Waals surface area contributed by atoms with Crippen molar-refractivity contribution < 1.29 is 14.0 Å². The smallest absolute Gasteiger partial charge is 0.239 e. The van der Waals surface area contributed by atoms with Crippen LogP contribution in [0.25, 0.3) is 0 Å². The Morgan fingerprint density at radius 3 is 2.46 bits per heavy atom. The fourth-order valence-electron chi connectivity index (χ4n) is 5.67. The van der Waals surface area contributed by atoms with Gasteiger partial charge >= 0.3 is 0 Å². The van der Waals surface area contributed by atoms with Gasteiger partial charge in [0.25, 0.3) is 0 Å². The zero-order valence-electron chi connectivity index (χ0n) is 21.5. The van der Waals surface area contributed by atoms with E-state index < -0.39 is 0 Å². The number of carbonyl (C=O) groups excluding carboxylic acids is 2. The summed E-state index contributed by atoms with van der Waals surface area (Å²) in [6, 6.07) is 16.6. The van der Waals surface area contributed by atoms with E-state index in [9.17, 15) is 14.0 Å². The minimum atomic E-state index is -0.303. The molecule has 5 nitrogen and oxygen atoms in total. The highest BCUT2D eigenvalue weighted by Crippen LogP contribution is 2.40. The first-order chi connectivity index (χ1) is 17.9. The lowest BCUT2D eigenvalue weighted by Crippen LogP contribution is -2.51. The van der Waals surface area contributed by atoms with Crippen molar-refractivity contribution in [1.82, 2.24) is 14.7 Å². The molecule has 2 amide bonds. The van der Waals surface area contributed by atoms with E-state index in [0.717, 1.165) is 24.9 Å². The SMILES string of the molecule is Cc1ccccc1[C@H]1c2ccsc2CCN1[C@H](C)C(=O)N1CCCN(C(=O)Cc2ccc(F)cc2)CC1.